The number of halogens is 1. The molecule has 0 saturated carbocycles. The summed E-state index contributed by atoms with van der Waals surface area (Å²) in [6.45, 7) is 0.657. The first-order chi connectivity index (χ1) is 16.0. The van der Waals surface area contributed by atoms with Crippen LogP contribution in [0.5, 0.6) is 0 Å². The molecule has 0 aliphatic heterocycles. The predicted molar refractivity (Wildman–Crippen MR) is 122 cm³/mol. The standard InChI is InChI=1S/C25H24FN3O4/c26-19-8-5-7-18(15-19)17-29-22-11-2-1-10-21(22)24(31)28(25(29)32)13-4-3-12-23(30)27-16-20-9-6-14-33-20/h1-2,5-11,14-15H,3-4,12-13,16-17H2,(H,27,30). The number of benzene rings is 2. The first-order valence-electron chi connectivity index (χ1n) is 10.8. The second-order valence-electron chi connectivity index (χ2n) is 7.79. The van der Waals surface area contributed by atoms with Crippen molar-refractivity contribution in [1.29, 1.82) is 0 Å². The molecule has 33 heavy (non-hydrogen) atoms. The van der Waals surface area contributed by atoms with E-state index in [4.69, 9.17) is 4.42 Å². The van der Waals surface area contributed by atoms with Gasteiger partial charge >= 0.3 is 5.69 Å². The summed E-state index contributed by atoms with van der Waals surface area (Å²) in [7, 11) is 0. The van der Waals surface area contributed by atoms with Crippen LogP contribution in [0.25, 0.3) is 10.9 Å². The molecule has 170 valence electrons. The highest BCUT2D eigenvalue weighted by Gasteiger charge is 2.13. The molecule has 0 aliphatic rings. The molecule has 2 aromatic heterocycles. The van der Waals surface area contributed by atoms with E-state index in [0.29, 0.717) is 41.6 Å². The molecule has 0 atom stereocenters. The largest absolute Gasteiger partial charge is 0.467 e. The summed E-state index contributed by atoms with van der Waals surface area (Å²) in [6.07, 6.45) is 2.83. The first-order valence-corrected chi connectivity index (χ1v) is 10.8. The van der Waals surface area contributed by atoms with Gasteiger partial charge < -0.3 is 9.73 Å². The minimum atomic E-state index is -0.453. The summed E-state index contributed by atoms with van der Waals surface area (Å²) in [5.41, 5.74) is 0.310. The van der Waals surface area contributed by atoms with Crippen molar-refractivity contribution in [2.45, 2.75) is 38.9 Å². The van der Waals surface area contributed by atoms with Crippen LogP contribution in [-0.2, 0) is 24.4 Å². The zero-order valence-electron chi connectivity index (χ0n) is 18.0. The summed E-state index contributed by atoms with van der Waals surface area (Å²) in [6, 6.07) is 16.5. The number of nitrogens with zero attached hydrogens (tertiary/aromatic N) is 2. The Bertz CT molecular complexity index is 1370. The predicted octanol–water partition coefficient (Wildman–Crippen LogP) is 3.43. The van der Waals surface area contributed by atoms with Crippen LogP contribution in [0.3, 0.4) is 0 Å². The number of hydrogen-bond donors (Lipinski definition) is 1. The first kappa shape index (κ1) is 22.3. The number of nitrogens with one attached hydrogen (secondary N) is 1. The second-order valence-corrected chi connectivity index (χ2v) is 7.79. The molecule has 0 saturated heterocycles. The monoisotopic (exact) mass is 449 g/mol. The smallest absolute Gasteiger partial charge is 0.331 e. The van der Waals surface area contributed by atoms with Gasteiger partial charge in [0.25, 0.3) is 5.56 Å². The SMILES string of the molecule is O=C(CCCCn1c(=O)c2ccccc2n(Cc2cccc(F)c2)c1=O)NCc1ccco1. The molecular weight excluding hydrogens is 425 g/mol. The van der Waals surface area contributed by atoms with Gasteiger partial charge in [0.05, 0.1) is 30.3 Å². The summed E-state index contributed by atoms with van der Waals surface area (Å²) in [4.78, 5) is 38.2. The Morgan fingerprint density at radius 2 is 1.82 bits per heavy atom. The van der Waals surface area contributed by atoms with Crippen molar-refractivity contribution in [3.05, 3.63) is 105 Å². The van der Waals surface area contributed by atoms with E-state index < -0.39 is 5.69 Å². The van der Waals surface area contributed by atoms with Gasteiger partial charge in [0.1, 0.15) is 11.6 Å². The summed E-state index contributed by atoms with van der Waals surface area (Å²) < 4.78 is 21.5. The lowest BCUT2D eigenvalue weighted by molar-refractivity contribution is -0.121. The third kappa shape index (κ3) is 5.28. The Morgan fingerprint density at radius 1 is 0.970 bits per heavy atom. The van der Waals surface area contributed by atoms with Crippen molar-refractivity contribution in [1.82, 2.24) is 14.5 Å². The Morgan fingerprint density at radius 3 is 2.61 bits per heavy atom. The van der Waals surface area contributed by atoms with Crippen molar-refractivity contribution in [3.63, 3.8) is 0 Å². The molecule has 7 nitrogen and oxygen atoms in total. The normalized spacial score (nSPS) is 11.1. The van der Waals surface area contributed by atoms with Gasteiger partial charge in [-0.2, -0.15) is 0 Å². The molecule has 8 heteroatoms. The molecule has 0 aliphatic carbocycles. The number of rotatable bonds is 9. The van der Waals surface area contributed by atoms with Crippen LogP contribution >= 0.6 is 0 Å². The minimum absolute atomic E-state index is 0.124. The summed E-state index contributed by atoms with van der Waals surface area (Å²) in [5, 5.41) is 3.19. The van der Waals surface area contributed by atoms with Crippen LogP contribution in [0.1, 0.15) is 30.6 Å². The van der Waals surface area contributed by atoms with Crippen LogP contribution in [0.4, 0.5) is 4.39 Å². The Labute approximate surface area is 189 Å². The fraction of sp³-hybridized carbons (Fsp3) is 0.240. The maximum atomic E-state index is 13.7. The fourth-order valence-corrected chi connectivity index (χ4v) is 3.78. The number of aromatic nitrogens is 2. The lowest BCUT2D eigenvalue weighted by Crippen LogP contribution is -2.40. The average Bonchev–Trinajstić information content (AvgIpc) is 3.34. The van der Waals surface area contributed by atoms with Gasteiger partial charge in [-0.1, -0.05) is 24.3 Å². The molecule has 1 N–H and O–H groups in total. The zero-order valence-corrected chi connectivity index (χ0v) is 18.0. The molecule has 0 unspecified atom stereocenters. The van der Waals surface area contributed by atoms with E-state index in [1.807, 2.05) is 0 Å². The summed E-state index contributed by atoms with van der Waals surface area (Å²) in [5.74, 6) is 0.161. The highest BCUT2D eigenvalue weighted by Crippen LogP contribution is 2.12. The summed E-state index contributed by atoms with van der Waals surface area (Å²) >= 11 is 0. The lowest BCUT2D eigenvalue weighted by Gasteiger charge is -2.14. The number of unbranched alkanes of at least 4 members (excludes halogenated alkanes) is 1. The number of carbonyl (C=O) groups is 1. The number of para-hydroxylation sites is 1. The third-order valence-electron chi connectivity index (χ3n) is 5.44. The number of hydrogen-bond acceptors (Lipinski definition) is 4. The average molecular weight is 449 g/mol. The van der Waals surface area contributed by atoms with Gasteiger partial charge in [0, 0.05) is 13.0 Å². The molecule has 0 fully saturated rings. The maximum absolute atomic E-state index is 13.7. The molecule has 0 bridgehead atoms. The Balaban J connectivity index is 1.48. The van der Waals surface area contributed by atoms with E-state index in [-0.39, 0.29) is 36.8 Å². The topological polar surface area (TPSA) is 86.2 Å². The van der Waals surface area contributed by atoms with Crippen molar-refractivity contribution < 1.29 is 13.6 Å². The van der Waals surface area contributed by atoms with Gasteiger partial charge in [-0.25, -0.2) is 9.18 Å². The third-order valence-corrected chi connectivity index (χ3v) is 5.44. The number of fused-ring (bicyclic) bond motifs is 1. The van der Waals surface area contributed by atoms with Crippen LogP contribution in [0.15, 0.2) is 80.9 Å². The van der Waals surface area contributed by atoms with Crippen LogP contribution in [0, 0.1) is 5.82 Å². The van der Waals surface area contributed by atoms with Gasteiger partial charge in [-0.3, -0.25) is 18.7 Å². The molecule has 2 aromatic carbocycles. The Hall–Kier alpha value is -3.94. The molecule has 4 aromatic rings. The molecule has 0 spiro atoms. The van der Waals surface area contributed by atoms with E-state index in [9.17, 15) is 18.8 Å². The van der Waals surface area contributed by atoms with Gasteiger partial charge in [0.2, 0.25) is 5.91 Å². The number of amides is 1. The second kappa shape index (κ2) is 10.1. The molecule has 1 amide bonds. The van der Waals surface area contributed by atoms with Crippen LogP contribution in [-0.4, -0.2) is 15.0 Å². The minimum Gasteiger partial charge on any atom is -0.467 e. The van der Waals surface area contributed by atoms with Gasteiger partial charge in [-0.15, -0.1) is 0 Å². The van der Waals surface area contributed by atoms with E-state index in [1.165, 1.54) is 21.3 Å². The quantitative estimate of drug-likeness (QED) is 0.397. The van der Waals surface area contributed by atoms with Crippen molar-refractivity contribution in [2.24, 2.45) is 0 Å². The van der Waals surface area contributed by atoms with E-state index in [1.54, 1.807) is 54.8 Å². The van der Waals surface area contributed by atoms with E-state index in [2.05, 4.69) is 5.32 Å². The van der Waals surface area contributed by atoms with Crippen LogP contribution in [0.2, 0.25) is 0 Å². The van der Waals surface area contributed by atoms with Crippen molar-refractivity contribution in [2.75, 3.05) is 0 Å². The number of furan rings is 1. The highest BCUT2D eigenvalue weighted by atomic mass is 19.1. The van der Waals surface area contributed by atoms with E-state index >= 15 is 0 Å². The van der Waals surface area contributed by atoms with E-state index in [0.717, 1.165) is 0 Å². The van der Waals surface area contributed by atoms with Crippen LogP contribution < -0.4 is 16.6 Å². The maximum Gasteiger partial charge on any atom is 0.331 e. The van der Waals surface area contributed by atoms with Gasteiger partial charge in [-0.05, 0) is 54.8 Å². The molecule has 2 heterocycles. The Kier molecular flexibility index (Phi) is 6.83. The highest BCUT2D eigenvalue weighted by molar-refractivity contribution is 5.78. The van der Waals surface area contributed by atoms with Crippen molar-refractivity contribution in [3.8, 4) is 0 Å². The van der Waals surface area contributed by atoms with Crippen molar-refractivity contribution >= 4 is 16.8 Å². The van der Waals surface area contributed by atoms with Gasteiger partial charge in [0.15, 0.2) is 0 Å². The lowest BCUT2D eigenvalue weighted by atomic mass is 10.2. The molecular formula is C25H24FN3O4. The number of carbonyl (C=O) groups excluding carboxylic acids is 1. The zero-order chi connectivity index (χ0) is 23.2. The molecule has 0 radical (unpaired) electrons. The molecule has 4 rings (SSSR count). The fourth-order valence-electron chi connectivity index (χ4n) is 3.78.